The predicted molar refractivity (Wildman–Crippen MR) is 136 cm³/mol. The number of nitrogens with two attached hydrogens (primary N) is 1. The van der Waals surface area contributed by atoms with E-state index < -0.39 is 24.1 Å². The van der Waals surface area contributed by atoms with Crippen LogP contribution in [0.2, 0.25) is 0 Å². The number of nitrogens with one attached hydrogen (secondary N) is 1. The third-order valence-corrected chi connectivity index (χ3v) is 6.73. The summed E-state index contributed by atoms with van der Waals surface area (Å²) in [6.45, 7) is 3.03. The van der Waals surface area contributed by atoms with Crippen molar-refractivity contribution >= 4 is 29.7 Å². The Bertz CT molecular complexity index is 988. The molecule has 0 spiro atoms. The molecule has 188 valence electrons. The highest BCUT2D eigenvalue weighted by Crippen LogP contribution is 2.25. The van der Waals surface area contributed by atoms with E-state index in [9.17, 15) is 14.4 Å². The first kappa shape index (κ1) is 26.6. The maximum absolute atomic E-state index is 13.1. The molecule has 2 amide bonds. The molecule has 35 heavy (non-hydrogen) atoms. The first-order chi connectivity index (χ1) is 17.0. The Morgan fingerprint density at radius 2 is 1.77 bits per heavy atom. The van der Waals surface area contributed by atoms with Gasteiger partial charge in [-0.3, -0.25) is 4.79 Å². The number of carbonyl (C=O) groups excluding carboxylic acids is 3. The van der Waals surface area contributed by atoms with Gasteiger partial charge in [0.1, 0.15) is 12.6 Å². The van der Waals surface area contributed by atoms with Crippen LogP contribution in [0.3, 0.4) is 0 Å². The molecule has 2 aromatic carbocycles. The third-order valence-electron chi connectivity index (χ3n) is 5.71. The van der Waals surface area contributed by atoms with Crippen molar-refractivity contribution in [3.8, 4) is 0 Å². The van der Waals surface area contributed by atoms with Gasteiger partial charge in [-0.15, -0.1) is 0 Å². The summed E-state index contributed by atoms with van der Waals surface area (Å²) in [6, 6.07) is 15.9. The van der Waals surface area contributed by atoms with Crippen LogP contribution in [0.25, 0.3) is 0 Å². The lowest BCUT2D eigenvalue weighted by molar-refractivity contribution is -0.156. The molecular formula is C26H33N3O5S. The number of ether oxygens (including phenoxy) is 2. The molecule has 3 N–H and O–H groups in total. The summed E-state index contributed by atoms with van der Waals surface area (Å²) in [7, 11) is 0. The number of thioether (sulfide) groups is 1. The lowest BCUT2D eigenvalue weighted by Crippen LogP contribution is -2.54. The predicted octanol–water partition coefficient (Wildman–Crippen LogP) is 2.88. The highest BCUT2D eigenvalue weighted by molar-refractivity contribution is 7.99. The van der Waals surface area contributed by atoms with Gasteiger partial charge in [-0.25, -0.2) is 9.59 Å². The normalized spacial score (nSPS) is 15.6. The second-order valence-electron chi connectivity index (χ2n) is 8.20. The van der Waals surface area contributed by atoms with Gasteiger partial charge >= 0.3 is 12.1 Å². The smallest absolute Gasteiger partial charge is 0.407 e. The van der Waals surface area contributed by atoms with E-state index in [-0.39, 0.29) is 19.1 Å². The number of carbonyl (C=O) groups is 3. The lowest BCUT2D eigenvalue weighted by atomic mass is 9.93. The van der Waals surface area contributed by atoms with Crippen molar-refractivity contribution < 1.29 is 23.9 Å². The Hall–Kier alpha value is -3.04. The van der Waals surface area contributed by atoms with Crippen molar-refractivity contribution in [1.29, 1.82) is 0 Å². The Morgan fingerprint density at radius 1 is 1.06 bits per heavy atom. The van der Waals surface area contributed by atoms with Gasteiger partial charge in [-0.05, 0) is 35.8 Å². The van der Waals surface area contributed by atoms with Crippen molar-refractivity contribution in [2.45, 2.75) is 45.0 Å². The first-order valence-electron chi connectivity index (χ1n) is 11.8. The van der Waals surface area contributed by atoms with Crippen molar-refractivity contribution in [3.63, 3.8) is 0 Å². The van der Waals surface area contributed by atoms with Crippen LogP contribution in [0.5, 0.6) is 0 Å². The number of rotatable bonds is 11. The van der Waals surface area contributed by atoms with Crippen LogP contribution in [-0.4, -0.2) is 59.6 Å². The number of esters is 1. The minimum atomic E-state index is -0.714. The Balaban J connectivity index is 1.39. The van der Waals surface area contributed by atoms with Gasteiger partial charge in [0.05, 0.1) is 12.6 Å². The number of amides is 2. The number of fused-ring (bicyclic) bond motifs is 1. The fourth-order valence-corrected chi connectivity index (χ4v) is 4.72. The average Bonchev–Trinajstić information content (AvgIpc) is 2.88. The fraction of sp³-hybridized carbons (Fsp3) is 0.423. The van der Waals surface area contributed by atoms with Crippen LogP contribution in [0.1, 0.15) is 30.0 Å². The molecule has 8 nitrogen and oxygen atoms in total. The molecule has 0 unspecified atom stereocenters. The summed E-state index contributed by atoms with van der Waals surface area (Å²) in [6.07, 6.45) is 0.431. The maximum Gasteiger partial charge on any atom is 0.407 e. The summed E-state index contributed by atoms with van der Waals surface area (Å²) in [5.41, 5.74) is 9.22. The molecule has 2 atom stereocenters. The zero-order valence-corrected chi connectivity index (χ0v) is 20.8. The molecule has 0 fully saturated rings. The molecule has 1 aliphatic heterocycles. The van der Waals surface area contributed by atoms with Crippen molar-refractivity contribution in [2.24, 2.45) is 5.73 Å². The number of hydrogen-bond acceptors (Lipinski definition) is 7. The van der Waals surface area contributed by atoms with Crippen LogP contribution in [-0.2, 0) is 38.6 Å². The summed E-state index contributed by atoms with van der Waals surface area (Å²) < 4.78 is 10.4. The summed E-state index contributed by atoms with van der Waals surface area (Å²) in [5, 5.41) is 2.72. The second kappa shape index (κ2) is 13.7. The van der Waals surface area contributed by atoms with Crippen molar-refractivity contribution in [3.05, 3.63) is 71.3 Å². The fourth-order valence-electron chi connectivity index (χ4n) is 3.85. The van der Waals surface area contributed by atoms with Crippen LogP contribution < -0.4 is 11.1 Å². The Kier molecular flexibility index (Phi) is 10.4. The first-order valence-corrected chi connectivity index (χ1v) is 13.0. The Morgan fingerprint density at radius 3 is 2.51 bits per heavy atom. The van der Waals surface area contributed by atoms with Gasteiger partial charge in [0.2, 0.25) is 5.91 Å². The summed E-state index contributed by atoms with van der Waals surface area (Å²) in [5.74, 6) is 0.675. The van der Waals surface area contributed by atoms with E-state index in [2.05, 4.69) is 5.32 Å². The van der Waals surface area contributed by atoms with E-state index in [1.54, 1.807) is 23.6 Å². The van der Waals surface area contributed by atoms with Crippen molar-refractivity contribution in [1.82, 2.24) is 10.2 Å². The largest absolute Gasteiger partial charge is 0.464 e. The van der Waals surface area contributed by atoms with Gasteiger partial charge in [0.15, 0.2) is 0 Å². The van der Waals surface area contributed by atoms with E-state index >= 15 is 0 Å². The van der Waals surface area contributed by atoms with E-state index in [1.165, 1.54) is 0 Å². The quantitative estimate of drug-likeness (QED) is 0.361. The third kappa shape index (κ3) is 8.00. The molecule has 0 saturated heterocycles. The Labute approximate surface area is 210 Å². The second-order valence-corrected chi connectivity index (χ2v) is 9.43. The highest BCUT2D eigenvalue weighted by Gasteiger charge is 2.37. The van der Waals surface area contributed by atoms with E-state index in [0.29, 0.717) is 37.4 Å². The molecule has 1 heterocycles. The molecular weight excluding hydrogens is 466 g/mol. The topological polar surface area (TPSA) is 111 Å². The molecule has 2 aromatic rings. The zero-order chi connectivity index (χ0) is 25.0. The lowest BCUT2D eigenvalue weighted by Gasteiger charge is -2.36. The van der Waals surface area contributed by atoms with E-state index in [1.807, 2.05) is 54.6 Å². The summed E-state index contributed by atoms with van der Waals surface area (Å²) in [4.78, 5) is 39.0. The zero-order valence-electron chi connectivity index (χ0n) is 20.0. The number of alkyl carbamates (subject to hydrolysis) is 1. The maximum atomic E-state index is 13.1. The minimum absolute atomic E-state index is 0.227. The standard InChI is InChI=1S/C26H33N3O5S/c1-2-33-25(31)23-16-20-10-6-7-11-21(20)17-29(23)24(30)22(27)12-14-35-15-13-28-26(32)34-18-19-8-4-3-5-9-19/h3-11,22-23H,2,12-18,27H2,1H3,(H,28,32)/t22-,23-/m0/s1. The van der Waals surface area contributed by atoms with Gasteiger partial charge in [-0.2, -0.15) is 11.8 Å². The van der Waals surface area contributed by atoms with Gasteiger partial charge in [0, 0.05) is 25.3 Å². The van der Waals surface area contributed by atoms with Gasteiger partial charge < -0.3 is 25.4 Å². The molecule has 9 heteroatoms. The number of nitrogens with zero attached hydrogens (tertiary/aromatic N) is 1. The van der Waals surface area contributed by atoms with Crippen molar-refractivity contribution in [2.75, 3.05) is 24.7 Å². The number of benzene rings is 2. The van der Waals surface area contributed by atoms with Gasteiger partial charge in [0.25, 0.3) is 0 Å². The SMILES string of the molecule is CCOC(=O)[C@@H]1Cc2ccccc2CN1C(=O)[C@@H](N)CCSCCNC(=O)OCc1ccccc1. The van der Waals surface area contributed by atoms with E-state index in [4.69, 9.17) is 15.2 Å². The monoisotopic (exact) mass is 499 g/mol. The van der Waals surface area contributed by atoms with Crippen LogP contribution >= 0.6 is 11.8 Å². The van der Waals surface area contributed by atoms with Crippen LogP contribution in [0.15, 0.2) is 54.6 Å². The van der Waals surface area contributed by atoms with E-state index in [0.717, 1.165) is 16.7 Å². The molecule has 3 rings (SSSR count). The average molecular weight is 500 g/mol. The summed E-state index contributed by atoms with van der Waals surface area (Å²) >= 11 is 1.59. The molecule has 0 saturated carbocycles. The molecule has 1 aliphatic rings. The van der Waals surface area contributed by atoms with Gasteiger partial charge in [-0.1, -0.05) is 54.6 Å². The van der Waals surface area contributed by atoms with Crippen LogP contribution in [0.4, 0.5) is 4.79 Å². The molecule has 0 bridgehead atoms. The molecule has 0 aliphatic carbocycles. The number of hydrogen-bond donors (Lipinski definition) is 2. The minimum Gasteiger partial charge on any atom is -0.464 e. The van der Waals surface area contributed by atoms with Crippen LogP contribution in [0, 0.1) is 0 Å². The molecule has 0 aromatic heterocycles. The molecule has 0 radical (unpaired) electrons. The highest BCUT2D eigenvalue weighted by atomic mass is 32.2.